The van der Waals surface area contributed by atoms with Crippen molar-refractivity contribution in [2.45, 2.75) is 38.4 Å². The van der Waals surface area contributed by atoms with E-state index in [1.54, 1.807) is 0 Å². The lowest BCUT2D eigenvalue weighted by atomic mass is 10.1. The molecule has 5 N–H and O–H groups in total. The van der Waals surface area contributed by atoms with E-state index in [1.807, 2.05) is 6.92 Å². The molecule has 0 saturated carbocycles. The van der Waals surface area contributed by atoms with E-state index < -0.39 is 12.2 Å². The minimum Gasteiger partial charge on any atom is -0.393 e. The molecule has 0 heterocycles. The molecule has 0 saturated heterocycles. The van der Waals surface area contributed by atoms with Gasteiger partial charge in [0.2, 0.25) is 5.91 Å². The summed E-state index contributed by atoms with van der Waals surface area (Å²) in [6, 6.07) is 0. The van der Waals surface area contributed by atoms with Gasteiger partial charge in [-0.1, -0.05) is 0 Å². The van der Waals surface area contributed by atoms with E-state index in [2.05, 4.69) is 5.32 Å². The Morgan fingerprint density at radius 2 is 2.07 bits per heavy atom. The van der Waals surface area contributed by atoms with Crippen molar-refractivity contribution in [1.82, 2.24) is 5.32 Å². The van der Waals surface area contributed by atoms with Gasteiger partial charge in [-0.25, -0.2) is 0 Å². The lowest BCUT2D eigenvalue weighted by Crippen LogP contribution is -2.29. The maximum atomic E-state index is 11.0. The normalized spacial score (nSPS) is 14.9. The summed E-state index contributed by atoms with van der Waals surface area (Å²) in [6.07, 6.45) is -0.719. The predicted octanol–water partition coefficient (Wildman–Crippen LogP) is -1.03. The molecule has 2 unspecified atom stereocenters. The molecule has 1 amide bonds. The number of nitrogens with one attached hydrogen (secondary N) is 1. The van der Waals surface area contributed by atoms with E-state index in [1.165, 1.54) is 0 Å². The third-order valence-corrected chi connectivity index (χ3v) is 1.84. The van der Waals surface area contributed by atoms with Crippen LogP contribution in [0.3, 0.4) is 0 Å². The molecule has 0 aromatic heterocycles. The Morgan fingerprint density at radius 1 is 1.43 bits per heavy atom. The van der Waals surface area contributed by atoms with Gasteiger partial charge in [-0.2, -0.15) is 0 Å². The first-order valence-corrected chi connectivity index (χ1v) is 4.93. The molecule has 0 aliphatic rings. The van der Waals surface area contributed by atoms with Crippen LogP contribution >= 0.6 is 0 Å². The quantitative estimate of drug-likeness (QED) is 0.426. The molecule has 0 spiro atoms. The van der Waals surface area contributed by atoms with Crippen molar-refractivity contribution >= 4 is 5.91 Å². The summed E-state index contributed by atoms with van der Waals surface area (Å²) >= 11 is 0. The molecule has 0 aliphatic carbocycles. The van der Waals surface area contributed by atoms with Crippen LogP contribution in [0.1, 0.15) is 26.2 Å². The van der Waals surface area contributed by atoms with Crippen molar-refractivity contribution in [3.8, 4) is 0 Å². The third kappa shape index (κ3) is 6.82. The van der Waals surface area contributed by atoms with Crippen LogP contribution in [0, 0.1) is 0 Å². The SMILES string of the molecule is CCNC(=O)CC(O)CC(O)CCN. The van der Waals surface area contributed by atoms with Gasteiger partial charge in [0.1, 0.15) is 0 Å². The van der Waals surface area contributed by atoms with Gasteiger partial charge in [0, 0.05) is 6.54 Å². The van der Waals surface area contributed by atoms with E-state index in [0.717, 1.165) is 0 Å². The molecule has 0 fully saturated rings. The first kappa shape index (κ1) is 13.4. The largest absolute Gasteiger partial charge is 0.393 e. The Morgan fingerprint density at radius 3 is 2.57 bits per heavy atom. The number of carbonyl (C=O) groups excluding carboxylic acids is 1. The van der Waals surface area contributed by atoms with Crippen LogP contribution in [-0.4, -0.2) is 41.4 Å². The number of hydrogen-bond acceptors (Lipinski definition) is 4. The fourth-order valence-corrected chi connectivity index (χ4v) is 1.19. The topological polar surface area (TPSA) is 95.6 Å². The zero-order chi connectivity index (χ0) is 11.0. The number of hydrogen-bond donors (Lipinski definition) is 4. The van der Waals surface area contributed by atoms with Gasteiger partial charge in [-0.15, -0.1) is 0 Å². The number of nitrogens with two attached hydrogens (primary N) is 1. The summed E-state index contributed by atoms with van der Waals surface area (Å²) in [5.41, 5.74) is 5.23. The molecule has 14 heavy (non-hydrogen) atoms. The molecule has 0 aromatic carbocycles. The standard InChI is InChI=1S/C9H20N2O3/c1-2-11-9(14)6-8(13)5-7(12)3-4-10/h7-8,12-13H,2-6,10H2,1H3,(H,11,14). The summed E-state index contributed by atoms with van der Waals surface area (Å²) in [6.45, 7) is 2.75. The second-order valence-corrected chi connectivity index (χ2v) is 3.28. The molecule has 0 bridgehead atoms. The number of carbonyl (C=O) groups is 1. The van der Waals surface area contributed by atoms with Crippen LogP contribution in [0.2, 0.25) is 0 Å². The lowest BCUT2D eigenvalue weighted by Gasteiger charge is -2.14. The Hall–Kier alpha value is -0.650. The third-order valence-electron chi connectivity index (χ3n) is 1.84. The fourth-order valence-electron chi connectivity index (χ4n) is 1.19. The molecule has 5 heteroatoms. The number of aliphatic hydroxyl groups excluding tert-OH is 2. The van der Waals surface area contributed by atoms with Gasteiger partial charge in [0.15, 0.2) is 0 Å². The van der Waals surface area contributed by atoms with Crippen LogP contribution in [0.4, 0.5) is 0 Å². The Bertz CT molecular complexity index is 164. The maximum absolute atomic E-state index is 11.0. The molecule has 2 atom stereocenters. The molecule has 5 nitrogen and oxygen atoms in total. The van der Waals surface area contributed by atoms with Crippen molar-refractivity contribution in [3.63, 3.8) is 0 Å². The predicted molar refractivity (Wildman–Crippen MR) is 53.6 cm³/mol. The van der Waals surface area contributed by atoms with Gasteiger partial charge in [-0.05, 0) is 26.3 Å². The molecular formula is C9H20N2O3. The first-order valence-electron chi connectivity index (χ1n) is 4.93. The lowest BCUT2D eigenvalue weighted by molar-refractivity contribution is -0.123. The molecular weight excluding hydrogens is 184 g/mol. The highest BCUT2D eigenvalue weighted by atomic mass is 16.3. The molecule has 84 valence electrons. The highest BCUT2D eigenvalue weighted by molar-refractivity contribution is 5.76. The first-order chi connectivity index (χ1) is 6.60. The minimum atomic E-state index is -0.789. The van der Waals surface area contributed by atoms with Crippen LogP contribution in [-0.2, 0) is 4.79 Å². The smallest absolute Gasteiger partial charge is 0.222 e. The molecule has 0 aliphatic heterocycles. The Balaban J connectivity index is 3.63. The molecule has 0 aromatic rings. The van der Waals surface area contributed by atoms with Crippen LogP contribution in [0.5, 0.6) is 0 Å². The summed E-state index contributed by atoms with van der Waals surface area (Å²) in [5, 5.41) is 21.2. The summed E-state index contributed by atoms with van der Waals surface area (Å²) < 4.78 is 0. The van der Waals surface area contributed by atoms with Crippen LogP contribution in [0.25, 0.3) is 0 Å². The summed E-state index contributed by atoms with van der Waals surface area (Å²) in [4.78, 5) is 11.0. The van der Waals surface area contributed by atoms with Gasteiger partial charge in [-0.3, -0.25) is 4.79 Å². The van der Waals surface area contributed by atoms with E-state index >= 15 is 0 Å². The fraction of sp³-hybridized carbons (Fsp3) is 0.889. The van der Waals surface area contributed by atoms with Crippen LogP contribution in [0.15, 0.2) is 0 Å². The van der Waals surface area contributed by atoms with E-state index in [-0.39, 0.29) is 18.7 Å². The van der Waals surface area contributed by atoms with Crippen LogP contribution < -0.4 is 11.1 Å². The zero-order valence-corrected chi connectivity index (χ0v) is 8.57. The molecule has 0 rings (SSSR count). The van der Waals surface area contributed by atoms with Crippen molar-refractivity contribution in [3.05, 3.63) is 0 Å². The number of amides is 1. The van der Waals surface area contributed by atoms with E-state index in [4.69, 9.17) is 5.73 Å². The minimum absolute atomic E-state index is 0.0372. The number of rotatable bonds is 7. The van der Waals surface area contributed by atoms with Crippen molar-refractivity contribution in [1.29, 1.82) is 0 Å². The van der Waals surface area contributed by atoms with Gasteiger partial charge >= 0.3 is 0 Å². The van der Waals surface area contributed by atoms with E-state index in [9.17, 15) is 15.0 Å². The second-order valence-electron chi connectivity index (χ2n) is 3.28. The van der Waals surface area contributed by atoms with Gasteiger partial charge in [0.05, 0.1) is 18.6 Å². The number of aliphatic hydroxyl groups is 2. The Labute approximate surface area is 84.3 Å². The summed E-state index contributed by atoms with van der Waals surface area (Å²) in [7, 11) is 0. The van der Waals surface area contributed by atoms with Gasteiger partial charge in [0.25, 0.3) is 0 Å². The highest BCUT2D eigenvalue weighted by Crippen LogP contribution is 2.04. The van der Waals surface area contributed by atoms with Gasteiger partial charge < -0.3 is 21.3 Å². The monoisotopic (exact) mass is 204 g/mol. The van der Waals surface area contributed by atoms with Crippen molar-refractivity contribution in [2.24, 2.45) is 5.73 Å². The molecule has 0 radical (unpaired) electrons. The van der Waals surface area contributed by atoms with Crippen molar-refractivity contribution < 1.29 is 15.0 Å². The van der Waals surface area contributed by atoms with Crippen molar-refractivity contribution in [2.75, 3.05) is 13.1 Å². The second kappa shape index (κ2) is 7.73. The van der Waals surface area contributed by atoms with E-state index in [0.29, 0.717) is 19.5 Å². The highest BCUT2D eigenvalue weighted by Gasteiger charge is 2.14. The summed E-state index contributed by atoms with van der Waals surface area (Å²) in [5.74, 6) is -0.194. The maximum Gasteiger partial charge on any atom is 0.222 e. The zero-order valence-electron chi connectivity index (χ0n) is 8.57. The average molecular weight is 204 g/mol. The average Bonchev–Trinajstić information content (AvgIpc) is 2.03. The Kier molecular flexibility index (Phi) is 7.37.